The highest BCUT2D eigenvalue weighted by atomic mass is 16.7. The second kappa shape index (κ2) is 9.20. The van der Waals surface area contributed by atoms with Crippen molar-refractivity contribution in [3.63, 3.8) is 0 Å². The molecule has 2 N–H and O–H groups in total. The fourth-order valence-corrected chi connectivity index (χ4v) is 4.12. The van der Waals surface area contributed by atoms with E-state index in [0.717, 1.165) is 26.2 Å². The molecule has 1 aromatic rings. The third kappa shape index (κ3) is 4.69. The Morgan fingerprint density at radius 1 is 1.13 bits per heavy atom. The number of piperazine rings is 1. The van der Waals surface area contributed by atoms with Crippen molar-refractivity contribution in [2.45, 2.75) is 37.5 Å². The molecule has 3 atom stereocenters. The predicted octanol–water partition coefficient (Wildman–Crippen LogP) is 0.218. The molecule has 9 nitrogen and oxygen atoms in total. The number of likely N-dealkylation sites (N-methyl/N-ethyl adjacent to an activating group) is 1. The molecule has 0 aliphatic carbocycles. The Hall–Kier alpha value is -2.36. The highest BCUT2D eigenvalue weighted by Gasteiger charge is 2.34. The van der Waals surface area contributed by atoms with Gasteiger partial charge in [0, 0.05) is 31.7 Å². The number of aliphatic hydroxyl groups excluding tert-OH is 1. The topological polar surface area (TPSA) is 101 Å². The van der Waals surface area contributed by atoms with E-state index in [4.69, 9.17) is 14.2 Å². The number of rotatable bonds is 5. The molecule has 3 aliphatic heterocycles. The van der Waals surface area contributed by atoms with Crippen LogP contribution in [0.4, 0.5) is 0 Å². The second-order valence-corrected chi connectivity index (χ2v) is 8.09. The fraction of sp³-hybridized carbons (Fsp3) is 0.619. The lowest BCUT2D eigenvalue weighted by molar-refractivity contribution is -0.141. The third-order valence-electron chi connectivity index (χ3n) is 6.01. The normalized spacial score (nSPS) is 26.5. The molecule has 4 rings (SSSR count). The summed E-state index contributed by atoms with van der Waals surface area (Å²) < 4.78 is 16.6. The van der Waals surface area contributed by atoms with Crippen LogP contribution in [-0.4, -0.2) is 91.6 Å². The fourth-order valence-electron chi connectivity index (χ4n) is 4.12. The van der Waals surface area contributed by atoms with Gasteiger partial charge in [0.15, 0.2) is 11.5 Å². The minimum atomic E-state index is -0.540. The van der Waals surface area contributed by atoms with Crippen LogP contribution >= 0.6 is 0 Å². The van der Waals surface area contributed by atoms with Crippen molar-refractivity contribution in [2.24, 2.45) is 0 Å². The number of ether oxygens (including phenoxy) is 3. The summed E-state index contributed by atoms with van der Waals surface area (Å²) in [6.07, 6.45) is 0.822. The van der Waals surface area contributed by atoms with Crippen LogP contribution in [0.5, 0.6) is 11.5 Å². The van der Waals surface area contributed by atoms with Crippen LogP contribution in [0, 0.1) is 0 Å². The minimum absolute atomic E-state index is 0.0904. The Bertz CT molecular complexity index is 780. The van der Waals surface area contributed by atoms with Crippen LogP contribution in [0.2, 0.25) is 0 Å². The van der Waals surface area contributed by atoms with Crippen molar-refractivity contribution in [3.05, 3.63) is 23.8 Å². The van der Waals surface area contributed by atoms with Crippen molar-refractivity contribution in [1.29, 1.82) is 0 Å². The number of benzene rings is 1. The lowest BCUT2D eigenvalue weighted by Gasteiger charge is -2.37. The number of fused-ring (bicyclic) bond motifs is 1. The molecule has 30 heavy (non-hydrogen) atoms. The van der Waals surface area contributed by atoms with Crippen molar-refractivity contribution < 1.29 is 28.9 Å². The molecule has 0 saturated carbocycles. The summed E-state index contributed by atoms with van der Waals surface area (Å²) in [5.41, 5.74) is 0.461. The Morgan fingerprint density at radius 3 is 2.67 bits per heavy atom. The van der Waals surface area contributed by atoms with E-state index in [1.807, 2.05) is 4.90 Å². The van der Waals surface area contributed by atoms with Crippen LogP contribution in [0.3, 0.4) is 0 Å². The Balaban J connectivity index is 1.30. The molecule has 2 fully saturated rings. The quantitative estimate of drug-likeness (QED) is 0.704. The molecular formula is C21H29N3O6. The van der Waals surface area contributed by atoms with Crippen LogP contribution in [-0.2, 0) is 9.53 Å². The van der Waals surface area contributed by atoms with Crippen molar-refractivity contribution in [2.75, 3.05) is 46.6 Å². The Kier molecular flexibility index (Phi) is 6.40. The van der Waals surface area contributed by atoms with Crippen LogP contribution < -0.4 is 14.8 Å². The zero-order chi connectivity index (χ0) is 21.1. The third-order valence-corrected chi connectivity index (χ3v) is 6.01. The average molecular weight is 419 g/mol. The zero-order valence-corrected chi connectivity index (χ0v) is 17.2. The van der Waals surface area contributed by atoms with Crippen molar-refractivity contribution >= 4 is 11.8 Å². The molecule has 2 saturated heterocycles. The maximum Gasteiger partial charge on any atom is 0.251 e. The second-order valence-electron chi connectivity index (χ2n) is 8.09. The van der Waals surface area contributed by atoms with E-state index in [2.05, 4.69) is 17.3 Å². The van der Waals surface area contributed by atoms with E-state index in [0.29, 0.717) is 36.3 Å². The molecule has 2 amide bonds. The number of carbonyl (C=O) groups is 2. The van der Waals surface area contributed by atoms with Gasteiger partial charge in [0.2, 0.25) is 12.7 Å². The van der Waals surface area contributed by atoms with E-state index < -0.39 is 6.10 Å². The van der Waals surface area contributed by atoms with Gasteiger partial charge in [-0.25, -0.2) is 0 Å². The molecule has 164 valence electrons. The maximum atomic E-state index is 12.7. The van der Waals surface area contributed by atoms with Crippen LogP contribution in [0.25, 0.3) is 0 Å². The number of amides is 2. The smallest absolute Gasteiger partial charge is 0.251 e. The van der Waals surface area contributed by atoms with Gasteiger partial charge in [-0.2, -0.15) is 0 Å². The van der Waals surface area contributed by atoms with Crippen LogP contribution in [0.15, 0.2) is 18.2 Å². The number of aliphatic hydroxyl groups is 1. The summed E-state index contributed by atoms with van der Waals surface area (Å²) >= 11 is 0. The van der Waals surface area contributed by atoms with Crippen molar-refractivity contribution in [3.8, 4) is 11.5 Å². The maximum absolute atomic E-state index is 12.7. The van der Waals surface area contributed by atoms with Gasteiger partial charge < -0.3 is 34.4 Å². The van der Waals surface area contributed by atoms with Gasteiger partial charge in [-0.15, -0.1) is 0 Å². The first-order valence-corrected chi connectivity index (χ1v) is 10.5. The standard InChI is InChI=1S/C21H29N3O6/c1-23-6-8-24(9-7-23)20(26)11-15-3-4-16(19(12-25)30-15)22-21(27)14-2-5-17-18(10-14)29-13-28-17/h2,5,10,15-16,19,25H,3-4,6-9,11-13H2,1H3,(H,22,27)/t15-,16+,19-/m0/s1. The number of hydrogen-bond acceptors (Lipinski definition) is 7. The predicted molar refractivity (Wildman–Crippen MR) is 107 cm³/mol. The molecule has 3 aliphatic rings. The summed E-state index contributed by atoms with van der Waals surface area (Å²) in [6.45, 7) is 3.16. The largest absolute Gasteiger partial charge is 0.454 e. The van der Waals surface area contributed by atoms with E-state index in [9.17, 15) is 14.7 Å². The highest BCUT2D eigenvalue weighted by Crippen LogP contribution is 2.32. The first-order chi connectivity index (χ1) is 14.5. The number of nitrogens with zero attached hydrogens (tertiary/aromatic N) is 2. The molecule has 0 bridgehead atoms. The average Bonchev–Trinajstić information content (AvgIpc) is 3.23. The van der Waals surface area contributed by atoms with Gasteiger partial charge >= 0.3 is 0 Å². The molecule has 0 spiro atoms. The van der Waals surface area contributed by atoms with Gasteiger partial charge in [-0.05, 0) is 38.1 Å². The molecule has 3 heterocycles. The highest BCUT2D eigenvalue weighted by molar-refractivity contribution is 5.95. The molecule has 1 aromatic carbocycles. The molecular weight excluding hydrogens is 390 g/mol. The van der Waals surface area contributed by atoms with Gasteiger partial charge in [0.1, 0.15) is 6.10 Å². The van der Waals surface area contributed by atoms with E-state index in [1.54, 1.807) is 18.2 Å². The van der Waals surface area contributed by atoms with E-state index in [1.165, 1.54) is 0 Å². The SMILES string of the molecule is CN1CCN(C(=O)C[C@@H]2CC[C@@H](NC(=O)c3ccc4c(c3)OCO4)[C@H](CO)O2)CC1. The minimum Gasteiger partial charge on any atom is -0.454 e. The van der Waals surface area contributed by atoms with E-state index in [-0.39, 0.29) is 37.4 Å². The van der Waals surface area contributed by atoms with Gasteiger partial charge in [-0.1, -0.05) is 0 Å². The Labute approximate surface area is 175 Å². The molecule has 9 heteroatoms. The van der Waals surface area contributed by atoms with Gasteiger partial charge in [0.05, 0.1) is 25.2 Å². The van der Waals surface area contributed by atoms with Gasteiger partial charge in [-0.3, -0.25) is 9.59 Å². The summed E-state index contributed by atoms with van der Waals surface area (Å²) in [5, 5.41) is 12.7. The summed E-state index contributed by atoms with van der Waals surface area (Å²) in [7, 11) is 2.05. The summed E-state index contributed by atoms with van der Waals surface area (Å²) in [4.78, 5) is 29.3. The summed E-state index contributed by atoms with van der Waals surface area (Å²) in [6, 6.07) is 4.71. The number of nitrogens with one attached hydrogen (secondary N) is 1. The zero-order valence-electron chi connectivity index (χ0n) is 17.2. The van der Waals surface area contributed by atoms with Gasteiger partial charge in [0.25, 0.3) is 5.91 Å². The molecule has 0 aromatic heterocycles. The first kappa shape index (κ1) is 20.9. The lowest BCUT2D eigenvalue weighted by atomic mass is 9.96. The number of hydrogen-bond donors (Lipinski definition) is 2. The molecule has 0 unspecified atom stereocenters. The first-order valence-electron chi connectivity index (χ1n) is 10.5. The Morgan fingerprint density at radius 2 is 1.90 bits per heavy atom. The molecule has 0 radical (unpaired) electrons. The monoisotopic (exact) mass is 419 g/mol. The number of carbonyl (C=O) groups excluding carboxylic acids is 2. The summed E-state index contributed by atoms with van der Waals surface area (Å²) in [5.74, 6) is 0.998. The van der Waals surface area contributed by atoms with Crippen molar-refractivity contribution in [1.82, 2.24) is 15.1 Å². The lowest BCUT2D eigenvalue weighted by Crippen LogP contribution is -2.52. The van der Waals surface area contributed by atoms with E-state index >= 15 is 0 Å². The van der Waals surface area contributed by atoms with Crippen LogP contribution in [0.1, 0.15) is 29.6 Å².